The summed E-state index contributed by atoms with van der Waals surface area (Å²) in [6, 6.07) is 9.34. The first kappa shape index (κ1) is 15.9. The minimum atomic E-state index is -1.07. The highest BCUT2D eigenvalue weighted by Crippen LogP contribution is 2.36. The van der Waals surface area contributed by atoms with Crippen molar-refractivity contribution in [2.24, 2.45) is 0 Å². The van der Waals surface area contributed by atoms with Crippen LogP contribution in [0.1, 0.15) is 19.4 Å². The Hall–Kier alpha value is -1.96. The van der Waals surface area contributed by atoms with Crippen LogP contribution in [0.2, 0.25) is 0 Å². The minimum absolute atomic E-state index is 0.182. The van der Waals surface area contributed by atoms with Crippen molar-refractivity contribution in [3.05, 3.63) is 35.9 Å². The molecule has 0 radical (unpaired) electrons. The molecule has 0 bridgehead atoms. The first-order valence-corrected chi connectivity index (χ1v) is 7.31. The van der Waals surface area contributed by atoms with Crippen LogP contribution in [0, 0.1) is 0 Å². The van der Waals surface area contributed by atoms with E-state index in [9.17, 15) is 9.59 Å². The molecule has 2 heterocycles. The lowest BCUT2D eigenvalue weighted by molar-refractivity contribution is -0.227. The summed E-state index contributed by atoms with van der Waals surface area (Å²) in [5.74, 6) is -1.58. The number of rotatable bonds is 5. The predicted molar refractivity (Wildman–Crippen MR) is 75.9 cm³/mol. The molecule has 0 N–H and O–H groups in total. The van der Waals surface area contributed by atoms with Crippen molar-refractivity contribution in [1.82, 2.24) is 0 Å². The summed E-state index contributed by atoms with van der Waals surface area (Å²) in [5.41, 5.74) is 0.885. The molecule has 2 aliphatic rings. The van der Waals surface area contributed by atoms with Crippen LogP contribution in [0.15, 0.2) is 30.3 Å². The lowest BCUT2D eigenvalue weighted by Crippen LogP contribution is -2.56. The van der Waals surface area contributed by atoms with E-state index in [2.05, 4.69) is 0 Å². The van der Waals surface area contributed by atoms with Gasteiger partial charge in [-0.1, -0.05) is 30.3 Å². The molecular formula is C16H18O7. The van der Waals surface area contributed by atoms with Gasteiger partial charge in [-0.05, 0) is 19.4 Å². The monoisotopic (exact) mass is 322 g/mol. The molecule has 23 heavy (non-hydrogen) atoms. The molecule has 4 atom stereocenters. The van der Waals surface area contributed by atoms with Crippen molar-refractivity contribution in [1.29, 1.82) is 0 Å². The van der Waals surface area contributed by atoms with E-state index in [1.807, 2.05) is 30.3 Å². The molecule has 0 spiro atoms. The lowest BCUT2D eigenvalue weighted by atomic mass is 10.0. The zero-order chi connectivity index (χ0) is 16.4. The molecule has 2 aliphatic heterocycles. The molecule has 0 aromatic heterocycles. The second-order valence-electron chi connectivity index (χ2n) is 5.82. The molecule has 7 nitrogen and oxygen atoms in total. The van der Waals surface area contributed by atoms with E-state index in [-0.39, 0.29) is 13.1 Å². The van der Waals surface area contributed by atoms with Crippen LogP contribution in [0.4, 0.5) is 0 Å². The van der Waals surface area contributed by atoms with Crippen LogP contribution < -0.4 is 0 Å². The Bertz CT molecular complexity index is 571. The fourth-order valence-corrected chi connectivity index (χ4v) is 2.69. The normalized spacial score (nSPS) is 32.0. The fourth-order valence-electron chi connectivity index (χ4n) is 2.69. The molecule has 0 unspecified atom stereocenters. The maximum absolute atomic E-state index is 12.2. The molecule has 124 valence electrons. The zero-order valence-electron chi connectivity index (χ0n) is 12.8. The highest BCUT2D eigenvalue weighted by Gasteiger charge is 2.57. The molecule has 0 aliphatic carbocycles. The summed E-state index contributed by atoms with van der Waals surface area (Å²) in [4.78, 5) is 23.0. The van der Waals surface area contributed by atoms with E-state index in [0.29, 0.717) is 0 Å². The van der Waals surface area contributed by atoms with Gasteiger partial charge in [0.05, 0.1) is 6.61 Å². The SMILES string of the molecule is CC1(C)O[C@@H]2OC(=O)[C@@H](OCc3ccccc3)[C@@H](OC=O)[C@@H]2O1. The Balaban J connectivity index is 1.75. The van der Waals surface area contributed by atoms with Gasteiger partial charge in [0, 0.05) is 0 Å². The van der Waals surface area contributed by atoms with Crippen LogP contribution >= 0.6 is 0 Å². The van der Waals surface area contributed by atoms with Crippen molar-refractivity contribution < 1.29 is 33.3 Å². The van der Waals surface area contributed by atoms with Gasteiger partial charge >= 0.3 is 5.97 Å². The summed E-state index contributed by atoms with van der Waals surface area (Å²) >= 11 is 0. The number of benzene rings is 1. The average molecular weight is 322 g/mol. The molecule has 1 aromatic rings. The number of fused-ring (bicyclic) bond motifs is 1. The van der Waals surface area contributed by atoms with Crippen molar-refractivity contribution in [2.45, 2.75) is 50.8 Å². The second-order valence-corrected chi connectivity index (χ2v) is 5.82. The molecule has 1 aromatic carbocycles. The highest BCUT2D eigenvalue weighted by molar-refractivity contribution is 5.77. The third kappa shape index (κ3) is 3.36. The minimum Gasteiger partial charge on any atom is -0.458 e. The third-order valence-corrected chi connectivity index (χ3v) is 3.66. The average Bonchev–Trinajstić information content (AvgIpc) is 2.82. The van der Waals surface area contributed by atoms with Crippen molar-refractivity contribution in [3.63, 3.8) is 0 Å². The highest BCUT2D eigenvalue weighted by atomic mass is 16.8. The van der Waals surface area contributed by atoms with Crippen LogP contribution in [0.25, 0.3) is 0 Å². The van der Waals surface area contributed by atoms with E-state index in [1.165, 1.54) is 0 Å². The predicted octanol–water partition coefficient (Wildman–Crippen LogP) is 1.15. The Labute approximate surface area is 133 Å². The maximum atomic E-state index is 12.2. The Morgan fingerprint density at radius 3 is 2.65 bits per heavy atom. The van der Waals surface area contributed by atoms with Crippen LogP contribution in [0.5, 0.6) is 0 Å². The standard InChI is InChI=1S/C16H18O7/c1-16(2)22-13-11(20-9-17)12(14(18)21-15(13)23-16)19-8-10-6-4-3-5-7-10/h3-7,9,11-13,15H,8H2,1-2H3/t11-,12+,13+,15+/m1/s1. The molecule has 3 rings (SSSR count). The molecule has 0 amide bonds. The van der Waals surface area contributed by atoms with Gasteiger partial charge in [0.2, 0.25) is 6.29 Å². The van der Waals surface area contributed by atoms with Crippen molar-refractivity contribution in [3.8, 4) is 0 Å². The molecule has 2 saturated heterocycles. The van der Waals surface area contributed by atoms with Gasteiger partial charge in [-0.15, -0.1) is 0 Å². The van der Waals surface area contributed by atoms with E-state index >= 15 is 0 Å². The first-order valence-electron chi connectivity index (χ1n) is 7.31. The number of carbonyl (C=O) groups is 2. The van der Waals surface area contributed by atoms with Gasteiger partial charge in [-0.2, -0.15) is 0 Å². The Morgan fingerprint density at radius 1 is 1.22 bits per heavy atom. The van der Waals surface area contributed by atoms with Crippen LogP contribution in [-0.2, 0) is 39.9 Å². The summed E-state index contributed by atoms with van der Waals surface area (Å²) < 4.78 is 27.1. The fraction of sp³-hybridized carbons (Fsp3) is 0.500. The summed E-state index contributed by atoms with van der Waals surface area (Å²) in [5, 5.41) is 0. The number of ether oxygens (including phenoxy) is 5. The third-order valence-electron chi connectivity index (χ3n) is 3.66. The molecule has 7 heteroatoms. The molecule has 0 saturated carbocycles. The smallest absolute Gasteiger partial charge is 0.341 e. The Morgan fingerprint density at radius 2 is 1.96 bits per heavy atom. The van der Waals surface area contributed by atoms with Gasteiger partial charge in [-0.3, -0.25) is 4.79 Å². The van der Waals surface area contributed by atoms with Gasteiger partial charge in [0.25, 0.3) is 6.47 Å². The second kappa shape index (κ2) is 6.27. The van der Waals surface area contributed by atoms with Crippen molar-refractivity contribution in [2.75, 3.05) is 0 Å². The number of carbonyl (C=O) groups excluding carboxylic acids is 2. The van der Waals surface area contributed by atoms with Gasteiger partial charge in [-0.25, -0.2) is 4.79 Å². The van der Waals surface area contributed by atoms with E-state index in [1.54, 1.807) is 13.8 Å². The van der Waals surface area contributed by atoms with Crippen molar-refractivity contribution >= 4 is 12.4 Å². The molecular weight excluding hydrogens is 304 g/mol. The van der Waals surface area contributed by atoms with E-state index < -0.39 is 36.4 Å². The number of hydrogen-bond acceptors (Lipinski definition) is 7. The number of esters is 1. The maximum Gasteiger partial charge on any atom is 0.341 e. The van der Waals surface area contributed by atoms with Gasteiger partial charge in [0.1, 0.15) is 0 Å². The zero-order valence-corrected chi connectivity index (χ0v) is 12.8. The van der Waals surface area contributed by atoms with Gasteiger partial charge < -0.3 is 23.7 Å². The lowest BCUT2D eigenvalue weighted by Gasteiger charge is -2.34. The van der Waals surface area contributed by atoms with Crippen LogP contribution in [-0.4, -0.2) is 42.8 Å². The van der Waals surface area contributed by atoms with E-state index in [0.717, 1.165) is 5.56 Å². The quantitative estimate of drug-likeness (QED) is 0.594. The van der Waals surface area contributed by atoms with E-state index in [4.69, 9.17) is 23.7 Å². The largest absolute Gasteiger partial charge is 0.458 e. The van der Waals surface area contributed by atoms with Crippen LogP contribution in [0.3, 0.4) is 0 Å². The summed E-state index contributed by atoms with van der Waals surface area (Å²) in [6.45, 7) is 3.84. The topological polar surface area (TPSA) is 80.3 Å². The first-order chi connectivity index (χ1) is 11.0. The molecule has 2 fully saturated rings. The number of hydrogen-bond donors (Lipinski definition) is 0. The Kier molecular flexibility index (Phi) is 4.34. The van der Waals surface area contributed by atoms with Gasteiger partial charge in [0.15, 0.2) is 24.1 Å². The summed E-state index contributed by atoms with van der Waals surface area (Å²) in [6.07, 6.45) is -3.64. The summed E-state index contributed by atoms with van der Waals surface area (Å²) in [7, 11) is 0.